The van der Waals surface area contributed by atoms with E-state index < -0.39 is 40.4 Å². The number of methoxy groups -OCH3 is 1. The van der Waals surface area contributed by atoms with Crippen molar-refractivity contribution < 1.29 is 43.4 Å². The first-order chi connectivity index (χ1) is 20.2. The Balaban J connectivity index is 0.000000543. The van der Waals surface area contributed by atoms with Crippen LogP contribution in [-0.2, 0) is 21.4 Å². The molecule has 0 fully saturated rings. The van der Waals surface area contributed by atoms with Crippen LogP contribution in [0, 0.1) is 5.82 Å². The number of hydrogen-bond acceptors (Lipinski definition) is 9. The zero-order chi connectivity index (χ0) is 32.3. The number of sulfonamides is 1. The molecule has 0 spiro atoms. The van der Waals surface area contributed by atoms with Crippen LogP contribution >= 0.6 is 0 Å². The van der Waals surface area contributed by atoms with E-state index in [0.717, 1.165) is 22.9 Å². The molecule has 0 saturated carbocycles. The Bertz CT molecular complexity index is 1460. The Morgan fingerprint density at radius 2 is 1.72 bits per heavy atom. The maximum absolute atomic E-state index is 13.5. The minimum Gasteiger partial charge on any atom is -0.550 e. The highest BCUT2D eigenvalue weighted by atomic mass is 32.2. The number of aromatic nitrogens is 2. The summed E-state index contributed by atoms with van der Waals surface area (Å²) in [4.78, 5) is 19.4. The standard InChI is InChI=1S/C22H28FN3O6S.C8H11NO/c1-13(2)20-18(10-9-16(27)11-17(28)12-19(29)30)21(14-5-7-15(23)8-6-14)25-22(24-20)26(3)33(4,31)32;1-10-8-4-2-7(6-9)3-5-8/h5-10,13,16-17,27-28H,11-12H2,1-4H3,(H,29,30);2-5H,6,9H2,1H3/b10-9+;/t16-,17-;/m1./s1. The molecule has 2 atom stereocenters. The Labute approximate surface area is 251 Å². The topological polar surface area (TPSA) is 181 Å². The molecule has 0 unspecified atom stereocenters. The molecule has 0 radical (unpaired) electrons. The normalized spacial score (nSPS) is 12.9. The summed E-state index contributed by atoms with van der Waals surface area (Å²) in [5.74, 6) is -1.24. The van der Waals surface area contributed by atoms with Crippen molar-refractivity contribution in [1.29, 1.82) is 0 Å². The zero-order valence-electron chi connectivity index (χ0n) is 24.9. The average Bonchev–Trinajstić information content (AvgIpc) is 2.95. The van der Waals surface area contributed by atoms with Gasteiger partial charge in [-0.15, -0.1) is 0 Å². The smallest absolute Gasteiger partial charge is 0.239 e. The van der Waals surface area contributed by atoms with Crippen molar-refractivity contribution in [2.45, 2.75) is 51.4 Å². The second kappa shape index (κ2) is 16.1. The number of aliphatic carboxylic acids is 1. The van der Waals surface area contributed by atoms with E-state index in [4.69, 9.17) is 4.74 Å². The fourth-order valence-corrected chi connectivity index (χ4v) is 4.21. The van der Waals surface area contributed by atoms with Crippen molar-refractivity contribution in [3.05, 3.63) is 77.2 Å². The Hall–Kier alpha value is -3.91. The molecule has 13 heteroatoms. The van der Waals surface area contributed by atoms with E-state index in [1.165, 1.54) is 49.0 Å². The molecule has 3 rings (SSSR count). The summed E-state index contributed by atoms with van der Waals surface area (Å²) in [5, 5.41) is 30.6. The number of hydrogen-bond donors (Lipinski definition) is 3. The number of anilines is 1. The van der Waals surface area contributed by atoms with E-state index in [-0.39, 0.29) is 18.3 Å². The monoisotopic (exact) mass is 618 g/mol. The maximum atomic E-state index is 13.5. The van der Waals surface area contributed by atoms with Gasteiger partial charge in [0.2, 0.25) is 16.0 Å². The number of quaternary nitrogens is 1. The van der Waals surface area contributed by atoms with Crippen LogP contribution in [0.2, 0.25) is 0 Å². The molecule has 1 heterocycles. The van der Waals surface area contributed by atoms with Gasteiger partial charge in [0.25, 0.3) is 0 Å². The highest BCUT2D eigenvalue weighted by Crippen LogP contribution is 2.31. The van der Waals surface area contributed by atoms with Gasteiger partial charge < -0.3 is 30.6 Å². The summed E-state index contributed by atoms with van der Waals surface area (Å²) < 4.78 is 43.6. The van der Waals surface area contributed by atoms with Gasteiger partial charge in [-0.3, -0.25) is 0 Å². The quantitative estimate of drug-likeness (QED) is 0.271. The van der Waals surface area contributed by atoms with Gasteiger partial charge in [-0.05, 0) is 54.4 Å². The summed E-state index contributed by atoms with van der Waals surface area (Å²) in [6.45, 7) is 4.53. The largest absolute Gasteiger partial charge is 0.550 e. The number of aliphatic hydroxyl groups excluding tert-OH is 2. The van der Waals surface area contributed by atoms with Gasteiger partial charge in [0.15, 0.2) is 0 Å². The van der Waals surface area contributed by atoms with Crippen LogP contribution in [0.3, 0.4) is 0 Å². The minimum absolute atomic E-state index is 0.0670. The van der Waals surface area contributed by atoms with Crippen LogP contribution in [0.4, 0.5) is 10.3 Å². The van der Waals surface area contributed by atoms with Crippen LogP contribution in [0.15, 0.2) is 54.6 Å². The fourth-order valence-electron chi connectivity index (χ4n) is 3.83. The van der Waals surface area contributed by atoms with Gasteiger partial charge in [-0.2, -0.15) is 0 Å². The molecule has 0 saturated heterocycles. The molecular formula is C30H39FN4O7S. The maximum Gasteiger partial charge on any atom is 0.239 e. The molecule has 0 aliphatic carbocycles. The number of rotatable bonds is 12. The van der Waals surface area contributed by atoms with E-state index in [0.29, 0.717) is 22.5 Å². The zero-order valence-corrected chi connectivity index (χ0v) is 25.7. The third-order valence-corrected chi connectivity index (χ3v) is 7.41. The Morgan fingerprint density at radius 1 is 1.12 bits per heavy atom. The Kier molecular flexibility index (Phi) is 13.2. The van der Waals surface area contributed by atoms with Crippen molar-refractivity contribution in [2.24, 2.45) is 0 Å². The van der Waals surface area contributed by atoms with Gasteiger partial charge >= 0.3 is 0 Å². The molecule has 0 aliphatic rings. The van der Waals surface area contributed by atoms with Gasteiger partial charge in [0.05, 0.1) is 43.5 Å². The number of benzene rings is 2. The van der Waals surface area contributed by atoms with Crippen molar-refractivity contribution in [1.82, 2.24) is 9.97 Å². The lowest BCUT2D eigenvalue weighted by molar-refractivity contribution is -0.386. The van der Waals surface area contributed by atoms with E-state index in [2.05, 4.69) is 15.7 Å². The number of aliphatic hydroxyl groups is 2. The summed E-state index contributed by atoms with van der Waals surface area (Å²) >= 11 is 0. The number of nitrogens with zero attached hydrogens (tertiary/aromatic N) is 3. The third kappa shape index (κ3) is 11.0. The highest BCUT2D eigenvalue weighted by Gasteiger charge is 2.22. The molecule has 43 heavy (non-hydrogen) atoms. The lowest BCUT2D eigenvalue weighted by Crippen LogP contribution is -2.47. The first kappa shape index (κ1) is 35.3. The molecule has 3 aromatic rings. The van der Waals surface area contributed by atoms with Crippen LogP contribution in [0.1, 0.15) is 49.4 Å². The third-order valence-electron chi connectivity index (χ3n) is 6.26. The number of carboxylic acid groups (broad SMARTS) is 1. The summed E-state index contributed by atoms with van der Waals surface area (Å²) in [6.07, 6.45) is 0.578. The molecule has 0 aliphatic heterocycles. The SMILES string of the molecule is CC(C)c1nc(N(C)S(C)(=O)=O)nc(-c2ccc(F)cc2)c1/C=C/[C@@H](O)C[C@@H](O)CC(=O)[O-].COc1ccc(C[NH3+])cc1. The van der Waals surface area contributed by atoms with Crippen molar-refractivity contribution in [3.63, 3.8) is 0 Å². The summed E-state index contributed by atoms with van der Waals surface area (Å²) in [6, 6.07) is 13.4. The van der Waals surface area contributed by atoms with E-state index in [9.17, 15) is 32.9 Å². The highest BCUT2D eigenvalue weighted by molar-refractivity contribution is 7.92. The second-order valence-electron chi connectivity index (χ2n) is 10.1. The lowest BCUT2D eigenvalue weighted by atomic mass is 9.97. The van der Waals surface area contributed by atoms with Crippen LogP contribution in [0.25, 0.3) is 17.3 Å². The first-order valence-electron chi connectivity index (χ1n) is 13.4. The predicted octanol–water partition coefficient (Wildman–Crippen LogP) is 1.50. The Morgan fingerprint density at radius 3 is 2.21 bits per heavy atom. The fraction of sp³-hybridized carbons (Fsp3) is 0.367. The molecule has 0 amide bonds. The number of halogens is 1. The van der Waals surface area contributed by atoms with E-state index >= 15 is 0 Å². The first-order valence-corrected chi connectivity index (χ1v) is 15.3. The molecule has 5 N–H and O–H groups in total. The van der Waals surface area contributed by atoms with Crippen molar-refractivity contribution in [2.75, 3.05) is 24.7 Å². The number of carbonyl (C=O) groups excluding carboxylic acids is 1. The molecule has 234 valence electrons. The van der Waals surface area contributed by atoms with Crippen molar-refractivity contribution in [3.8, 4) is 17.0 Å². The average molecular weight is 619 g/mol. The minimum atomic E-state index is -3.66. The molecule has 0 bridgehead atoms. The van der Waals surface area contributed by atoms with Gasteiger partial charge in [0.1, 0.15) is 11.6 Å². The molecule has 2 aromatic carbocycles. The lowest BCUT2D eigenvalue weighted by Gasteiger charge is -2.20. The molecular weight excluding hydrogens is 579 g/mol. The van der Waals surface area contributed by atoms with Crippen LogP contribution in [-0.4, -0.2) is 67.2 Å². The number of carboxylic acids is 1. The molecule has 11 nitrogen and oxygen atoms in total. The number of carbonyl (C=O) groups is 1. The van der Waals surface area contributed by atoms with Crippen LogP contribution < -0.4 is 19.9 Å². The molecule has 1 aromatic heterocycles. The van der Waals surface area contributed by atoms with Gasteiger partial charge in [-0.1, -0.05) is 26.0 Å². The second-order valence-corrected chi connectivity index (χ2v) is 12.1. The summed E-state index contributed by atoms with van der Waals surface area (Å²) in [5.41, 5.74) is 6.77. The summed E-state index contributed by atoms with van der Waals surface area (Å²) in [7, 11) is -0.670. The number of ether oxygens (including phenoxy) is 1. The van der Waals surface area contributed by atoms with Gasteiger partial charge in [0, 0.05) is 42.5 Å². The van der Waals surface area contributed by atoms with E-state index in [1.807, 2.05) is 38.1 Å². The van der Waals surface area contributed by atoms with Gasteiger partial charge in [-0.25, -0.2) is 27.1 Å². The van der Waals surface area contributed by atoms with Crippen molar-refractivity contribution >= 4 is 28.0 Å². The van der Waals surface area contributed by atoms with Crippen LogP contribution in [0.5, 0.6) is 5.75 Å². The predicted molar refractivity (Wildman–Crippen MR) is 160 cm³/mol. The van der Waals surface area contributed by atoms with E-state index in [1.54, 1.807) is 7.11 Å².